The van der Waals surface area contributed by atoms with Crippen LogP contribution >= 0.6 is 0 Å². The maximum atomic E-state index is 11.1. The molecular formula is C13H18N2O3. The Morgan fingerprint density at radius 3 is 3.06 bits per heavy atom. The Bertz CT molecular complexity index is 450. The number of carboxylic acids is 1. The van der Waals surface area contributed by atoms with Gasteiger partial charge in [0.25, 0.3) is 0 Å². The fourth-order valence-electron chi connectivity index (χ4n) is 2.40. The summed E-state index contributed by atoms with van der Waals surface area (Å²) in [5.74, 6) is -0.798. The molecule has 0 bridgehead atoms. The zero-order chi connectivity index (χ0) is 13.2. The number of aromatic carboxylic acids is 1. The number of hydrogen-bond donors (Lipinski definition) is 1. The lowest BCUT2D eigenvalue weighted by atomic mass is 9.95. The molecule has 0 aromatic carbocycles. The Balaban J connectivity index is 2.20. The second kappa shape index (κ2) is 4.94. The van der Waals surface area contributed by atoms with Crippen LogP contribution in [0, 0.1) is 0 Å². The van der Waals surface area contributed by atoms with Crippen molar-refractivity contribution in [3.05, 3.63) is 23.9 Å². The first-order valence-electron chi connectivity index (χ1n) is 6.06. The topological polar surface area (TPSA) is 62.7 Å². The number of likely N-dealkylation sites (N-methyl/N-ethyl adjacent to an activating group) is 1. The maximum Gasteiger partial charge on any atom is 0.341 e. The summed E-state index contributed by atoms with van der Waals surface area (Å²) in [6, 6.07) is 3.12. The van der Waals surface area contributed by atoms with Gasteiger partial charge in [-0.2, -0.15) is 0 Å². The van der Waals surface area contributed by atoms with Crippen LogP contribution in [0.15, 0.2) is 18.3 Å². The highest BCUT2D eigenvalue weighted by atomic mass is 16.5. The molecule has 0 spiro atoms. The first-order valence-corrected chi connectivity index (χ1v) is 6.06. The highest BCUT2D eigenvalue weighted by Crippen LogP contribution is 2.27. The summed E-state index contributed by atoms with van der Waals surface area (Å²) in [6.45, 7) is 3.83. The molecule has 1 aromatic heterocycles. The van der Waals surface area contributed by atoms with E-state index in [1.807, 2.05) is 14.0 Å². The summed E-state index contributed by atoms with van der Waals surface area (Å²) in [5.41, 5.74) is -0.252. The van der Waals surface area contributed by atoms with E-state index in [1.54, 1.807) is 12.3 Å². The number of carboxylic acid groups (broad SMARTS) is 1. The summed E-state index contributed by atoms with van der Waals surface area (Å²) in [6.07, 6.45) is 3.51. The minimum absolute atomic E-state index is 0.118. The summed E-state index contributed by atoms with van der Waals surface area (Å²) in [5, 5.41) is 9.10. The lowest BCUT2D eigenvalue weighted by molar-refractivity contribution is 0.0108. The van der Waals surface area contributed by atoms with E-state index in [9.17, 15) is 4.79 Å². The Kier molecular flexibility index (Phi) is 3.52. The van der Waals surface area contributed by atoms with Crippen molar-refractivity contribution in [3.63, 3.8) is 0 Å². The van der Waals surface area contributed by atoms with Crippen molar-refractivity contribution in [2.75, 3.05) is 20.1 Å². The van der Waals surface area contributed by atoms with Crippen molar-refractivity contribution >= 4 is 5.97 Å². The van der Waals surface area contributed by atoms with Crippen molar-refractivity contribution in [3.8, 4) is 5.88 Å². The third kappa shape index (κ3) is 2.79. The van der Waals surface area contributed by atoms with Crippen LogP contribution in [-0.4, -0.2) is 46.7 Å². The highest BCUT2D eigenvalue weighted by molar-refractivity contribution is 5.90. The summed E-state index contributed by atoms with van der Waals surface area (Å²) in [4.78, 5) is 17.3. The molecule has 0 amide bonds. The molecule has 1 aliphatic heterocycles. The molecule has 98 valence electrons. The molecular weight excluding hydrogens is 232 g/mol. The van der Waals surface area contributed by atoms with Crippen LogP contribution in [0.3, 0.4) is 0 Å². The van der Waals surface area contributed by atoms with E-state index < -0.39 is 5.97 Å². The quantitative estimate of drug-likeness (QED) is 0.883. The van der Waals surface area contributed by atoms with Gasteiger partial charge in [-0.15, -0.1) is 0 Å². The monoisotopic (exact) mass is 250 g/mol. The SMILES string of the molecule is CN1CCCC(C)(Oc2ncccc2C(=O)O)C1. The lowest BCUT2D eigenvalue weighted by Crippen LogP contribution is -2.48. The fraction of sp³-hybridized carbons (Fsp3) is 0.538. The van der Waals surface area contributed by atoms with E-state index in [0.29, 0.717) is 0 Å². The number of nitrogens with zero attached hydrogens (tertiary/aromatic N) is 2. The number of hydrogen-bond acceptors (Lipinski definition) is 4. The molecule has 5 nitrogen and oxygen atoms in total. The van der Waals surface area contributed by atoms with Gasteiger partial charge < -0.3 is 14.7 Å². The molecule has 1 aromatic rings. The minimum atomic E-state index is -1.01. The van der Waals surface area contributed by atoms with Crippen LogP contribution < -0.4 is 4.74 Å². The van der Waals surface area contributed by atoms with Crippen molar-refractivity contribution in [2.45, 2.75) is 25.4 Å². The number of aromatic nitrogens is 1. The summed E-state index contributed by atoms with van der Waals surface area (Å²) in [7, 11) is 2.04. The molecule has 1 atom stereocenters. The summed E-state index contributed by atoms with van der Waals surface area (Å²) < 4.78 is 5.87. The van der Waals surface area contributed by atoms with Gasteiger partial charge in [-0.05, 0) is 45.5 Å². The van der Waals surface area contributed by atoms with Gasteiger partial charge in [-0.25, -0.2) is 9.78 Å². The van der Waals surface area contributed by atoms with Gasteiger partial charge >= 0.3 is 5.97 Å². The molecule has 1 unspecified atom stereocenters. The number of carbonyl (C=O) groups is 1. The molecule has 1 aliphatic rings. The summed E-state index contributed by atoms with van der Waals surface area (Å²) >= 11 is 0. The van der Waals surface area contributed by atoms with E-state index in [4.69, 9.17) is 9.84 Å². The van der Waals surface area contributed by atoms with Crippen molar-refractivity contribution in [1.82, 2.24) is 9.88 Å². The predicted octanol–water partition coefficient (Wildman–Crippen LogP) is 1.64. The van der Waals surface area contributed by atoms with Crippen molar-refractivity contribution in [2.24, 2.45) is 0 Å². The van der Waals surface area contributed by atoms with Gasteiger partial charge in [-0.1, -0.05) is 0 Å². The molecule has 1 N–H and O–H groups in total. The second-order valence-corrected chi connectivity index (χ2v) is 5.05. The van der Waals surface area contributed by atoms with Gasteiger partial charge in [0, 0.05) is 12.7 Å². The average molecular weight is 250 g/mol. The van der Waals surface area contributed by atoms with Crippen LogP contribution in [-0.2, 0) is 0 Å². The van der Waals surface area contributed by atoms with Crippen molar-refractivity contribution < 1.29 is 14.6 Å². The number of likely N-dealkylation sites (tertiary alicyclic amines) is 1. The maximum absolute atomic E-state index is 11.1. The Morgan fingerprint density at radius 2 is 2.39 bits per heavy atom. The van der Waals surface area contributed by atoms with E-state index in [2.05, 4.69) is 9.88 Å². The molecule has 2 rings (SSSR count). The molecule has 0 saturated carbocycles. The van der Waals surface area contributed by atoms with Gasteiger partial charge in [0.15, 0.2) is 0 Å². The predicted molar refractivity (Wildman–Crippen MR) is 67.0 cm³/mol. The molecule has 1 saturated heterocycles. The van der Waals surface area contributed by atoms with E-state index >= 15 is 0 Å². The van der Waals surface area contributed by atoms with Gasteiger partial charge in [-0.3, -0.25) is 0 Å². The first-order chi connectivity index (χ1) is 8.50. The Labute approximate surface area is 106 Å². The fourth-order valence-corrected chi connectivity index (χ4v) is 2.40. The number of piperidine rings is 1. The molecule has 0 aliphatic carbocycles. The van der Waals surface area contributed by atoms with Gasteiger partial charge in [0.1, 0.15) is 11.2 Å². The lowest BCUT2D eigenvalue weighted by Gasteiger charge is -2.38. The van der Waals surface area contributed by atoms with Crippen LogP contribution in [0.1, 0.15) is 30.1 Å². The number of pyridine rings is 1. The minimum Gasteiger partial charge on any atom is -0.477 e. The number of rotatable bonds is 3. The van der Waals surface area contributed by atoms with E-state index in [-0.39, 0.29) is 17.0 Å². The largest absolute Gasteiger partial charge is 0.477 e. The highest BCUT2D eigenvalue weighted by Gasteiger charge is 2.33. The van der Waals surface area contributed by atoms with E-state index in [1.165, 1.54) is 6.07 Å². The first kappa shape index (κ1) is 12.8. The molecule has 2 heterocycles. The average Bonchev–Trinajstić information content (AvgIpc) is 2.28. The molecule has 0 radical (unpaired) electrons. The van der Waals surface area contributed by atoms with Crippen molar-refractivity contribution in [1.29, 1.82) is 0 Å². The van der Waals surface area contributed by atoms with Crippen LogP contribution in [0.5, 0.6) is 5.88 Å². The third-order valence-electron chi connectivity index (χ3n) is 3.19. The van der Waals surface area contributed by atoms with Gasteiger partial charge in [0.05, 0.1) is 0 Å². The zero-order valence-electron chi connectivity index (χ0n) is 10.7. The third-order valence-corrected chi connectivity index (χ3v) is 3.19. The Morgan fingerprint density at radius 1 is 1.61 bits per heavy atom. The smallest absolute Gasteiger partial charge is 0.341 e. The van der Waals surface area contributed by atoms with Crippen LogP contribution in [0.25, 0.3) is 0 Å². The van der Waals surface area contributed by atoms with Crippen LogP contribution in [0.2, 0.25) is 0 Å². The van der Waals surface area contributed by atoms with Crippen LogP contribution in [0.4, 0.5) is 0 Å². The van der Waals surface area contributed by atoms with Gasteiger partial charge in [0.2, 0.25) is 5.88 Å². The normalized spacial score (nSPS) is 24.8. The molecule has 1 fully saturated rings. The molecule has 5 heteroatoms. The second-order valence-electron chi connectivity index (χ2n) is 5.05. The number of ether oxygens (including phenoxy) is 1. The zero-order valence-corrected chi connectivity index (χ0v) is 10.7. The standard InChI is InChI=1S/C13H18N2O3/c1-13(6-4-8-15(2)9-13)18-11-10(12(16)17)5-3-7-14-11/h3,5,7H,4,6,8-9H2,1-2H3,(H,16,17). The Hall–Kier alpha value is -1.62. The van der Waals surface area contributed by atoms with E-state index in [0.717, 1.165) is 25.9 Å². The molecule has 18 heavy (non-hydrogen) atoms.